The molecule has 156 valence electrons. The first-order valence-electron chi connectivity index (χ1n) is 10.2. The van der Waals surface area contributed by atoms with Crippen molar-refractivity contribution in [3.05, 3.63) is 17.7 Å². The summed E-state index contributed by atoms with van der Waals surface area (Å²) in [5.74, 6) is 2.75. The third-order valence-corrected chi connectivity index (χ3v) is 5.81. The van der Waals surface area contributed by atoms with E-state index in [1.807, 2.05) is 19.2 Å². The van der Waals surface area contributed by atoms with Crippen LogP contribution < -0.4 is 24.8 Å². The second kappa shape index (κ2) is 9.87. The van der Waals surface area contributed by atoms with Gasteiger partial charge in [-0.2, -0.15) is 0 Å². The van der Waals surface area contributed by atoms with Gasteiger partial charge < -0.3 is 24.8 Å². The van der Waals surface area contributed by atoms with Crippen LogP contribution in [0, 0.1) is 0 Å². The van der Waals surface area contributed by atoms with Gasteiger partial charge in [-0.15, -0.1) is 0 Å². The van der Waals surface area contributed by atoms with Crippen molar-refractivity contribution in [1.29, 1.82) is 0 Å². The molecule has 28 heavy (non-hydrogen) atoms. The fraction of sp³-hybridized carbons (Fsp3) is 0.667. The van der Waals surface area contributed by atoms with Gasteiger partial charge in [-0.25, -0.2) is 0 Å². The van der Waals surface area contributed by atoms with Crippen LogP contribution >= 0.6 is 0 Å². The van der Waals surface area contributed by atoms with Gasteiger partial charge in [0.05, 0.1) is 21.3 Å². The van der Waals surface area contributed by atoms with Crippen molar-refractivity contribution in [3.8, 4) is 17.2 Å². The summed E-state index contributed by atoms with van der Waals surface area (Å²) in [5.41, 5.74) is 1.04. The van der Waals surface area contributed by atoms with Crippen molar-refractivity contribution in [3.63, 3.8) is 0 Å². The lowest BCUT2D eigenvalue weighted by Gasteiger charge is -2.24. The zero-order chi connectivity index (χ0) is 19.9. The van der Waals surface area contributed by atoms with Gasteiger partial charge in [0.1, 0.15) is 0 Å². The van der Waals surface area contributed by atoms with Gasteiger partial charge in [-0.05, 0) is 37.0 Å². The highest BCUT2D eigenvalue weighted by Crippen LogP contribution is 2.38. The average molecular weight is 391 g/mol. The van der Waals surface area contributed by atoms with Crippen molar-refractivity contribution in [2.75, 3.05) is 41.5 Å². The summed E-state index contributed by atoms with van der Waals surface area (Å²) >= 11 is 0. The average Bonchev–Trinajstić information content (AvgIpc) is 3.41. The molecule has 2 fully saturated rings. The Morgan fingerprint density at radius 2 is 1.75 bits per heavy atom. The zero-order valence-electron chi connectivity index (χ0n) is 17.6. The maximum atomic E-state index is 5.44. The van der Waals surface area contributed by atoms with Gasteiger partial charge in [0, 0.05) is 38.8 Å². The molecule has 1 aromatic rings. The number of ether oxygens (including phenoxy) is 3. The Morgan fingerprint density at radius 3 is 2.32 bits per heavy atom. The summed E-state index contributed by atoms with van der Waals surface area (Å²) in [7, 11) is 6.69. The number of nitrogens with zero attached hydrogens (tertiary/aromatic N) is 2. The minimum absolute atomic E-state index is 0.451. The third-order valence-electron chi connectivity index (χ3n) is 5.81. The number of guanidine groups is 1. The molecule has 0 radical (unpaired) electrons. The van der Waals surface area contributed by atoms with Crippen molar-refractivity contribution >= 4 is 5.96 Å². The van der Waals surface area contributed by atoms with Gasteiger partial charge in [0.25, 0.3) is 0 Å². The highest BCUT2D eigenvalue weighted by atomic mass is 16.5. The highest BCUT2D eigenvalue weighted by molar-refractivity contribution is 5.80. The molecular weight excluding hydrogens is 356 g/mol. The Hall–Kier alpha value is -2.15. The van der Waals surface area contributed by atoms with Gasteiger partial charge >= 0.3 is 0 Å². The third kappa shape index (κ3) is 4.82. The van der Waals surface area contributed by atoms with Gasteiger partial charge in [0.15, 0.2) is 17.5 Å². The molecule has 0 spiro atoms. The standard InChI is InChI=1S/C21H34N4O3/c1-22-21(24-16-9-10-25(14-16)17-7-5-6-8-17)23-13-15-11-18(26-2)20(28-4)19(12-15)27-3/h11-12,16-17H,5-10,13-14H2,1-4H3,(H2,22,23,24). The van der Waals surface area contributed by atoms with Crippen molar-refractivity contribution in [2.24, 2.45) is 4.99 Å². The van der Waals surface area contributed by atoms with Crippen LogP contribution in [0.2, 0.25) is 0 Å². The Morgan fingerprint density at radius 1 is 1.07 bits per heavy atom. The summed E-state index contributed by atoms with van der Waals surface area (Å²) < 4.78 is 16.3. The largest absolute Gasteiger partial charge is 0.493 e. The van der Waals surface area contributed by atoms with Crippen LogP contribution in [-0.4, -0.2) is 64.4 Å². The number of rotatable bonds is 7. The summed E-state index contributed by atoms with van der Waals surface area (Å²) in [6.07, 6.45) is 6.66. The zero-order valence-corrected chi connectivity index (χ0v) is 17.6. The lowest BCUT2D eigenvalue weighted by molar-refractivity contribution is 0.242. The van der Waals surface area contributed by atoms with E-state index in [1.165, 1.54) is 38.6 Å². The second-order valence-electron chi connectivity index (χ2n) is 7.52. The SMILES string of the molecule is CN=C(NCc1cc(OC)c(OC)c(OC)c1)NC1CCN(C2CCCC2)C1. The number of benzene rings is 1. The van der Waals surface area contributed by atoms with E-state index in [0.29, 0.717) is 29.8 Å². The van der Waals surface area contributed by atoms with Crippen LogP contribution in [-0.2, 0) is 6.54 Å². The molecular formula is C21H34N4O3. The summed E-state index contributed by atoms with van der Waals surface area (Å²) in [5, 5.41) is 6.98. The normalized spacial score (nSPS) is 21.0. The van der Waals surface area contributed by atoms with Crippen molar-refractivity contribution in [1.82, 2.24) is 15.5 Å². The molecule has 1 aromatic carbocycles. The highest BCUT2D eigenvalue weighted by Gasteiger charge is 2.30. The fourth-order valence-corrected chi connectivity index (χ4v) is 4.32. The molecule has 0 aromatic heterocycles. The maximum Gasteiger partial charge on any atom is 0.203 e. The Bertz CT molecular complexity index is 649. The monoisotopic (exact) mass is 390 g/mol. The number of hydrogen-bond acceptors (Lipinski definition) is 5. The fourth-order valence-electron chi connectivity index (χ4n) is 4.32. The van der Waals surface area contributed by atoms with Gasteiger partial charge in [0.2, 0.25) is 5.75 Å². The summed E-state index contributed by atoms with van der Waals surface area (Å²) in [6, 6.07) is 5.16. The first-order valence-corrected chi connectivity index (χ1v) is 10.2. The number of likely N-dealkylation sites (tertiary alicyclic amines) is 1. The molecule has 1 aliphatic carbocycles. The molecule has 1 saturated heterocycles. The van der Waals surface area contributed by atoms with Gasteiger partial charge in [-0.3, -0.25) is 9.89 Å². The number of methoxy groups -OCH3 is 3. The lowest BCUT2D eigenvalue weighted by Crippen LogP contribution is -2.45. The van der Waals surface area contributed by atoms with E-state index < -0.39 is 0 Å². The van der Waals surface area contributed by atoms with Crippen molar-refractivity contribution in [2.45, 2.75) is 50.7 Å². The van der Waals surface area contributed by atoms with Crippen LogP contribution in [0.4, 0.5) is 0 Å². The first kappa shape index (κ1) is 20.6. The summed E-state index contributed by atoms with van der Waals surface area (Å²) in [6.45, 7) is 2.91. The Balaban J connectivity index is 1.56. The molecule has 1 aliphatic heterocycles. The van der Waals surface area contributed by atoms with E-state index >= 15 is 0 Å². The van der Waals surface area contributed by atoms with Crippen LogP contribution in [0.15, 0.2) is 17.1 Å². The molecule has 1 heterocycles. The maximum absolute atomic E-state index is 5.44. The second-order valence-corrected chi connectivity index (χ2v) is 7.52. The predicted octanol–water partition coefficient (Wildman–Crippen LogP) is 2.39. The van der Waals surface area contributed by atoms with E-state index in [2.05, 4.69) is 20.5 Å². The Kier molecular flexibility index (Phi) is 7.25. The van der Waals surface area contributed by atoms with E-state index in [1.54, 1.807) is 21.3 Å². The molecule has 7 nitrogen and oxygen atoms in total. The molecule has 1 atom stereocenters. The molecule has 3 rings (SSSR count). The summed E-state index contributed by atoms with van der Waals surface area (Å²) in [4.78, 5) is 7.05. The van der Waals surface area contributed by atoms with E-state index in [4.69, 9.17) is 14.2 Å². The van der Waals surface area contributed by atoms with Crippen LogP contribution in [0.1, 0.15) is 37.7 Å². The van der Waals surface area contributed by atoms with Crippen LogP contribution in [0.3, 0.4) is 0 Å². The smallest absolute Gasteiger partial charge is 0.203 e. The minimum atomic E-state index is 0.451. The van der Waals surface area contributed by atoms with Crippen molar-refractivity contribution < 1.29 is 14.2 Å². The van der Waals surface area contributed by atoms with E-state index in [9.17, 15) is 0 Å². The topological polar surface area (TPSA) is 67.4 Å². The Labute approximate surface area is 168 Å². The number of hydrogen-bond donors (Lipinski definition) is 2. The molecule has 0 amide bonds. The molecule has 7 heteroatoms. The lowest BCUT2D eigenvalue weighted by atomic mass is 10.2. The molecule has 1 unspecified atom stereocenters. The first-order chi connectivity index (χ1) is 13.7. The number of nitrogens with one attached hydrogen (secondary N) is 2. The minimum Gasteiger partial charge on any atom is -0.493 e. The van der Waals surface area contributed by atoms with Crippen LogP contribution in [0.25, 0.3) is 0 Å². The quantitative estimate of drug-likeness (QED) is 0.550. The molecule has 2 aliphatic rings. The number of aliphatic imine (C=N–C) groups is 1. The van der Waals surface area contributed by atoms with E-state index in [-0.39, 0.29) is 0 Å². The molecule has 0 bridgehead atoms. The molecule has 2 N–H and O–H groups in total. The molecule has 1 saturated carbocycles. The van der Waals surface area contributed by atoms with Gasteiger partial charge in [-0.1, -0.05) is 12.8 Å². The van der Waals surface area contributed by atoms with E-state index in [0.717, 1.165) is 24.1 Å². The predicted molar refractivity (Wildman–Crippen MR) is 112 cm³/mol. The van der Waals surface area contributed by atoms with Crippen LogP contribution in [0.5, 0.6) is 17.2 Å².